The van der Waals surface area contributed by atoms with Gasteiger partial charge in [-0.05, 0) is 58.0 Å². The number of fused-ring (bicyclic) bond motifs is 1. The molecule has 0 atom stereocenters. The molecule has 0 aromatic heterocycles. The lowest BCUT2D eigenvalue weighted by Gasteiger charge is -2.25. The Bertz CT molecular complexity index is 1940. The zero-order valence-electron chi connectivity index (χ0n) is 24.9. The molecular weight excluding hydrogens is 546 g/mol. The largest absolute Gasteiger partial charge is 0.316 e. The Labute approximate surface area is 265 Å². The summed E-state index contributed by atoms with van der Waals surface area (Å²) in [5.41, 5.74) is 8.31. The van der Waals surface area contributed by atoms with Crippen molar-refractivity contribution in [3.05, 3.63) is 210 Å². The van der Waals surface area contributed by atoms with Gasteiger partial charge in [0.05, 0.1) is 5.69 Å². The molecule has 0 heterocycles. The van der Waals surface area contributed by atoms with Crippen LogP contribution in [0.1, 0.15) is 32.6 Å². The lowest BCUT2D eigenvalue weighted by Crippen LogP contribution is -2.11. The van der Waals surface area contributed by atoms with Crippen LogP contribution in [0, 0.1) is 0 Å². The van der Waals surface area contributed by atoms with E-state index in [-0.39, 0.29) is 0 Å². The standard InChI is InChI=1S/C43H33NO/c45-33-35-26-29-39(30-27-35)44(32-42(36-19-10-4-11-20-36)37-21-12-5-13-22-37)43-31-28-38(40-24-14-15-25-41(40)43)23-9-2-1-6-16-34-17-7-3-8-18-34/h1-33H/b2-1+,16-6+,23-9+. The zero-order chi connectivity index (χ0) is 30.7. The molecular formula is C43H33NO. The number of hydrogen-bond acceptors (Lipinski definition) is 2. The van der Waals surface area contributed by atoms with Gasteiger partial charge in [0.15, 0.2) is 0 Å². The highest BCUT2D eigenvalue weighted by atomic mass is 16.1. The van der Waals surface area contributed by atoms with Gasteiger partial charge in [-0.1, -0.05) is 158 Å². The highest BCUT2D eigenvalue weighted by Gasteiger charge is 2.15. The van der Waals surface area contributed by atoms with E-state index in [2.05, 4.69) is 139 Å². The summed E-state index contributed by atoms with van der Waals surface area (Å²) in [4.78, 5) is 13.7. The Morgan fingerprint density at radius 1 is 0.467 bits per heavy atom. The molecule has 6 aromatic rings. The molecule has 0 saturated heterocycles. The summed E-state index contributed by atoms with van der Waals surface area (Å²) in [6.45, 7) is 0. The molecule has 0 aliphatic heterocycles. The fourth-order valence-corrected chi connectivity index (χ4v) is 5.36. The number of benzene rings is 6. The van der Waals surface area contributed by atoms with Crippen LogP contribution in [0.15, 0.2) is 182 Å². The van der Waals surface area contributed by atoms with Crippen LogP contribution >= 0.6 is 0 Å². The lowest BCUT2D eigenvalue weighted by molar-refractivity contribution is 0.112. The van der Waals surface area contributed by atoms with Gasteiger partial charge in [0, 0.05) is 28.4 Å². The first-order chi connectivity index (χ1) is 22.3. The Morgan fingerprint density at radius 3 is 1.64 bits per heavy atom. The number of anilines is 2. The molecule has 0 bridgehead atoms. The summed E-state index contributed by atoms with van der Waals surface area (Å²) in [7, 11) is 0. The van der Waals surface area contributed by atoms with Gasteiger partial charge in [0.2, 0.25) is 0 Å². The van der Waals surface area contributed by atoms with Crippen molar-refractivity contribution in [2.75, 3.05) is 4.90 Å². The second kappa shape index (κ2) is 14.5. The van der Waals surface area contributed by atoms with Crippen LogP contribution in [0.3, 0.4) is 0 Å². The fourth-order valence-electron chi connectivity index (χ4n) is 5.36. The molecule has 2 heteroatoms. The summed E-state index contributed by atoms with van der Waals surface area (Å²) >= 11 is 0. The fraction of sp³-hybridized carbons (Fsp3) is 0. The number of rotatable bonds is 10. The molecule has 0 amide bonds. The van der Waals surface area contributed by atoms with Crippen molar-refractivity contribution in [1.29, 1.82) is 0 Å². The van der Waals surface area contributed by atoms with Crippen LogP contribution in [0.2, 0.25) is 0 Å². The molecule has 2 nitrogen and oxygen atoms in total. The zero-order valence-corrected chi connectivity index (χ0v) is 24.9. The number of carbonyl (C=O) groups is 1. The van der Waals surface area contributed by atoms with Crippen LogP contribution in [-0.4, -0.2) is 6.29 Å². The van der Waals surface area contributed by atoms with E-state index in [9.17, 15) is 4.79 Å². The van der Waals surface area contributed by atoms with Crippen LogP contribution < -0.4 is 4.90 Å². The summed E-state index contributed by atoms with van der Waals surface area (Å²) in [6.07, 6.45) is 15.6. The SMILES string of the molecule is O=Cc1ccc(N(C=C(c2ccccc2)c2ccccc2)c2ccc(/C=C/C=C/C=C/c3ccccc3)c3ccccc23)cc1. The molecule has 6 rings (SSSR count). The first-order valence-electron chi connectivity index (χ1n) is 15.1. The van der Waals surface area contributed by atoms with Gasteiger partial charge in [-0.15, -0.1) is 0 Å². The van der Waals surface area contributed by atoms with Gasteiger partial charge in [0.1, 0.15) is 6.29 Å². The van der Waals surface area contributed by atoms with E-state index in [0.717, 1.165) is 50.7 Å². The highest BCUT2D eigenvalue weighted by molar-refractivity contribution is 6.02. The minimum Gasteiger partial charge on any atom is -0.316 e. The topological polar surface area (TPSA) is 20.3 Å². The van der Waals surface area contributed by atoms with E-state index in [0.29, 0.717) is 5.56 Å². The third-order valence-electron chi connectivity index (χ3n) is 7.63. The van der Waals surface area contributed by atoms with E-state index < -0.39 is 0 Å². The summed E-state index contributed by atoms with van der Waals surface area (Å²) in [6, 6.07) is 51.8. The molecule has 0 saturated carbocycles. The molecule has 0 unspecified atom stereocenters. The molecule has 0 aliphatic rings. The van der Waals surface area contributed by atoms with Crippen molar-refractivity contribution in [3.8, 4) is 0 Å². The molecule has 216 valence electrons. The van der Waals surface area contributed by atoms with Crippen LogP contribution in [0.25, 0.3) is 28.5 Å². The van der Waals surface area contributed by atoms with Gasteiger partial charge in [0.25, 0.3) is 0 Å². The van der Waals surface area contributed by atoms with Crippen molar-refractivity contribution >= 4 is 46.2 Å². The second-order valence-corrected chi connectivity index (χ2v) is 10.6. The van der Waals surface area contributed by atoms with Gasteiger partial charge < -0.3 is 4.90 Å². The highest BCUT2D eigenvalue weighted by Crippen LogP contribution is 2.37. The maximum atomic E-state index is 11.5. The normalized spacial score (nSPS) is 11.4. The number of carbonyl (C=O) groups excluding carboxylic acids is 1. The summed E-state index contributed by atoms with van der Waals surface area (Å²) < 4.78 is 0. The van der Waals surface area contributed by atoms with E-state index in [1.165, 1.54) is 5.56 Å². The lowest BCUT2D eigenvalue weighted by atomic mass is 9.97. The van der Waals surface area contributed by atoms with Crippen LogP contribution in [0.5, 0.6) is 0 Å². The number of hydrogen-bond donors (Lipinski definition) is 0. The smallest absolute Gasteiger partial charge is 0.150 e. The predicted octanol–water partition coefficient (Wildman–Crippen LogP) is 11.2. The van der Waals surface area contributed by atoms with E-state index in [4.69, 9.17) is 0 Å². The number of nitrogens with zero attached hydrogens (tertiary/aromatic N) is 1. The second-order valence-electron chi connectivity index (χ2n) is 10.6. The average Bonchev–Trinajstić information content (AvgIpc) is 3.12. The molecule has 0 N–H and O–H groups in total. The maximum Gasteiger partial charge on any atom is 0.150 e. The molecule has 0 radical (unpaired) electrons. The van der Waals surface area contributed by atoms with Crippen molar-refractivity contribution in [1.82, 2.24) is 0 Å². The van der Waals surface area contributed by atoms with E-state index >= 15 is 0 Å². The van der Waals surface area contributed by atoms with Crippen LogP contribution in [-0.2, 0) is 0 Å². The van der Waals surface area contributed by atoms with Crippen LogP contribution in [0.4, 0.5) is 11.4 Å². The molecule has 0 fully saturated rings. The molecule has 45 heavy (non-hydrogen) atoms. The van der Waals surface area contributed by atoms with Gasteiger partial charge in [-0.2, -0.15) is 0 Å². The maximum absolute atomic E-state index is 11.5. The minimum atomic E-state index is 0.644. The van der Waals surface area contributed by atoms with E-state index in [1.54, 1.807) is 0 Å². The van der Waals surface area contributed by atoms with Crippen molar-refractivity contribution in [2.24, 2.45) is 0 Å². The Morgan fingerprint density at radius 2 is 1.02 bits per heavy atom. The predicted molar refractivity (Wildman–Crippen MR) is 192 cm³/mol. The first kappa shape index (κ1) is 29.1. The van der Waals surface area contributed by atoms with Crippen molar-refractivity contribution < 1.29 is 4.79 Å². The Hall–Kier alpha value is -5.99. The monoisotopic (exact) mass is 579 g/mol. The molecule has 0 spiro atoms. The average molecular weight is 580 g/mol. The molecule has 6 aromatic carbocycles. The summed E-state index contributed by atoms with van der Waals surface area (Å²) in [5, 5.41) is 2.28. The first-order valence-corrected chi connectivity index (χ1v) is 15.1. The van der Waals surface area contributed by atoms with Crippen molar-refractivity contribution in [2.45, 2.75) is 0 Å². The quantitative estimate of drug-likeness (QED) is 0.119. The van der Waals surface area contributed by atoms with Crippen molar-refractivity contribution in [3.63, 3.8) is 0 Å². The van der Waals surface area contributed by atoms with E-state index in [1.807, 2.05) is 60.7 Å². The van der Waals surface area contributed by atoms with Gasteiger partial charge in [-0.25, -0.2) is 0 Å². The Balaban J connectivity index is 1.43. The number of allylic oxidation sites excluding steroid dienone is 4. The third kappa shape index (κ3) is 7.15. The molecule has 0 aliphatic carbocycles. The third-order valence-corrected chi connectivity index (χ3v) is 7.63. The number of aldehydes is 1. The van der Waals surface area contributed by atoms with Gasteiger partial charge >= 0.3 is 0 Å². The van der Waals surface area contributed by atoms with Gasteiger partial charge in [-0.3, -0.25) is 4.79 Å². The Kier molecular flexibility index (Phi) is 9.35. The summed E-state index contributed by atoms with van der Waals surface area (Å²) in [5.74, 6) is 0. The minimum absolute atomic E-state index is 0.644.